The predicted octanol–water partition coefficient (Wildman–Crippen LogP) is 2.49. The van der Waals surface area contributed by atoms with Gasteiger partial charge in [0, 0.05) is 11.5 Å². The minimum atomic E-state index is -0.716. The third kappa shape index (κ3) is 3.36. The molecule has 3 rings (SSSR count). The fourth-order valence-electron chi connectivity index (χ4n) is 2.39. The summed E-state index contributed by atoms with van der Waals surface area (Å²) in [5.74, 6) is -0.139. The number of carbonyl (C=O) groups excluding carboxylic acids is 1. The quantitative estimate of drug-likeness (QED) is 0.420. The summed E-state index contributed by atoms with van der Waals surface area (Å²) in [5.41, 5.74) is 6.40. The van der Waals surface area contributed by atoms with Crippen molar-refractivity contribution in [3.05, 3.63) is 64.0 Å². The molecule has 0 saturated heterocycles. The van der Waals surface area contributed by atoms with Crippen LogP contribution < -0.4 is 10.5 Å². The molecule has 0 fully saturated rings. The van der Waals surface area contributed by atoms with Crippen LogP contribution in [-0.2, 0) is 11.3 Å². The second kappa shape index (κ2) is 7.01. The number of nitrogens with zero attached hydrogens (tertiary/aromatic N) is 3. The van der Waals surface area contributed by atoms with E-state index in [9.17, 15) is 14.9 Å². The first-order valence-electron chi connectivity index (χ1n) is 7.50. The third-order valence-corrected chi connectivity index (χ3v) is 3.63. The molecule has 3 aromatic rings. The molecule has 0 saturated carbocycles. The summed E-state index contributed by atoms with van der Waals surface area (Å²) < 4.78 is 10.2. The molecule has 0 spiro atoms. The topological polar surface area (TPSA) is 130 Å². The molecule has 0 atom stereocenters. The molecule has 9 heteroatoms. The summed E-state index contributed by atoms with van der Waals surface area (Å²) in [7, 11) is 1.31. The van der Waals surface area contributed by atoms with E-state index in [4.69, 9.17) is 15.2 Å². The first-order valence-corrected chi connectivity index (χ1v) is 7.50. The van der Waals surface area contributed by atoms with E-state index in [0.717, 1.165) is 6.07 Å². The highest BCUT2D eigenvalue weighted by Gasteiger charge is 2.18. The van der Waals surface area contributed by atoms with Crippen LogP contribution in [0.4, 0.5) is 11.5 Å². The molecular weight excluding hydrogens is 340 g/mol. The second-order valence-electron chi connectivity index (χ2n) is 5.26. The molecule has 0 bridgehead atoms. The fraction of sp³-hybridized carbons (Fsp3) is 0.118. The first kappa shape index (κ1) is 17.1. The van der Waals surface area contributed by atoms with Gasteiger partial charge in [0.15, 0.2) is 12.4 Å². The van der Waals surface area contributed by atoms with Crippen LogP contribution >= 0.6 is 0 Å². The monoisotopic (exact) mass is 354 g/mol. The van der Waals surface area contributed by atoms with Crippen LogP contribution in [-0.4, -0.2) is 28.0 Å². The number of nitro groups is 1. The highest BCUT2D eigenvalue weighted by Crippen LogP contribution is 2.25. The van der Waals surface area contributed by atoms with Gasteiger partial charge >= 0.3 is 5.97 Å². The Labute approximate surface area is 147 Å². The number of non-ortho nitro benzene ring substituents is 1. The zero-order valence-corrected chi connectivity index (χ0v) is 13.7. The lowest BCUT2D eigenvalue weighted by molar-refractivity contribution is -0.384. The molecule has 0 aliphatic heterocycles. The van der Waals surface area contributed by atoms with Crippen molar-refractivity contribution < 1.29 is 19.2 Å². The first-order chi connectivity index (χ1) is 12.5. The van der Waals surface area contributed by atoms with E-state index in [1.54, 1.807) is 12.1 Å². The minimum absolute atomic E-state index is 0.0446. The van der Waals surface area contributed by atoms with Gasteiger partial charge in [-0.2, -0.15) is 0 Å². The lowest BCUT2D eigenvalue weighted by Gasteiger charge is -2.09. The minimum Gasteiger partial charge on any atom is -0.496 e. The maximum atomic E-state index is 12.3. The van der Waals surface area contributed by atoms with E-state index >= 15 is 0 Å². The molecule has 9 nitrogen and oxygen atoms in total. The number of ether oxygens (including phenoxy) is 2. The van der Waals surface area contributed by atoms with Gasteiger partial charge in [-0.15, -0.1) is 0 Å². The SMILES string of the molecule is COc1cc([N+](=O)[O-])ccc1C(=O)OCc1nc(N)c2ccccc2n1. The summed E-state index contributed by atoms with van der Waals surface area (Å²) >= 11 is 0. The molecule has 132 valence electrons. The predicted molar refractivity (Wildman–Crippen MR) is 92.7 cm³/mol. The molecule has 1 heterocycles. The van der Waals surface area contributed by atoms with E-state index in [1.165, 1.54) is 19.2 Å². The van der Waals surface area contributed by atoms with Crippen LogP contribution in [0.15, 0.2) is 42.5 Å². The molecule has 2 N–H and O–H groups in total. The molecule has 26 heavy (non-hydrogen) atoms. The lowest BCUT2D eigenvalue weighted by atomic mass is 10.2. The number of hydrogen-bond donors (Lipinski definition) is 1. The highest BCUT2D eigenvalue weighted by molar-refractivity contribution is 5.93. The van der Waals surface area contributed by atoms with Gasteiger partial charge in [0.25, 0.3) is 5.69 Å². The number of nitrogen functional groups attached to an aromatic ring is 1. The van der Waals surface area contributed by atoms with Crippen LogP contribution in [0.5, 0.6) is 5.75 Å². The number of rotatable bonds is 5. The molecule has 0 aliphatic rings. The Hall–Kier alpha value is -3.75. The van der Waals surface area contributed by atoms with Crippen LogP contribution in [0.25, 0.3) is 10.9 Å². The Kier molecular flexibility index (Phi) is 4.61. The Bertz CT molecular complexity index is 1010. The number of hydrogen-bond acceptors (Lipinski definition) is 8. The zero-order chi connectivity index (χ0) is 18.7. The summed E-state index contributed by atoms with van der Waals surface area (Å²) in [4.78, 5) is 30.9. The van der Waals surface area contributed by atoms with Gasteiger partial charge < -0.3 is 15.2 Å². The van der Waals surface area contributed by atoms with Crippen LogP contribution in [0.2, 0.25) is 0 Å². The molecule has 0 amide bonds. The van der Waals surface area contributed by atoms with Crippen molar-refractivity contribution >= 4 is 28.4 Å². The van der Waals surface area contributed by atoms with Crippen LogP contribution in [0.3, 0.4) is 0 Å². The van der Waals surface area contributed by atoms with Crippen LogP contribution in [0, 0.1) is 10.1 Å². The molecule has 1 aromatic heterocycles. The number of fused-ring (bicyclic) bond motifs is 1. The largest absolute Gasteiger partial charge is 0.496 e. The highest BCUT2D eigenvalue weighted by atomic mass is 16.6. The second-order valence-corrected chi connectivity index (χ2v) is 5.26. The number of methoxy groups -OCH3 is 1. The molecule has 0 radical (unpaired) electrons. The van der Waals surface area contributed by atoms with Crippen molar-refractivity contribution in [1.82, 2.24) is 9.97 Å². The molecular formula is C17H14N4O5. The number of aromatic nitrogens is 2. The van der Waals surface area contributed by atoms with Gasteiger partial charge in [0.1, 0.15) is 17.1 Å². The summed E-state index contributed by atoms with van der Waals surface area (Å²) in [6.07, 6.45) is 0. The standard InChI is InChI=1S/C17H14N4O5/c1-25-14-8-10(21(23)24)6-7-12(14)17(22)26-9-15-19-13-5-3-2-4-11(13)16(18)20-15/h2-8H,9H2,1H3,(H2,18,19,20). The number of anilines is 1. The third-order valence-electron chi connectivity index (χ3n) is 3.63. The van der Waals surface area contributed by atoms with E-state index in [1.807, 2.05) is 12.1 Å². The van der Waals surface area contributed by atoms with E-state index in [0.29, 0.717) is 10.9 Å². The smallest absolute Gasteiger partial charge is 0.342 e. The van der Waals surface area contributed by atoms with Crippen molar-refractivity contribution in [2.24, 2.45) is 0 Å². The lowest BCUT2D eigenvalue weighted by Crippen LogP contribution is -2.10. The van der Waals surface area contributed by atoms with Crippen molar-refractivity contribution in [1.29, 1.82) is 0 Å². The van der Waals surface area contributed by atoms with Gasteiger partial charge in [0.05, 0.1) is 23.6 Å². The van der Waals surface area contributed by atoms with Crippen molar-refractivity contribution in [2.45, 2.75) is 6.61 Å². The zero-order valence-electron chi connectivity index (χ0n) is 13.7. The maximum Gasteiger partial charge on any atom is 0.342 e. The number of nitro benzene ring substituents is 1. The summed E-state index contributed by atoms with van der Waals surface area (Å²) in [6, 6.07) is 10.8. The Morgan fingerprint density at radius 1 is 1.23 bits per heavy atom. The van der Waals surface area contributed by atoms with Gasteiger partial charge in [0.2, 0.25) is 0 Å². The van der Waals surface area contributed by atoms with Gasteiger partial charge in [-0.1, -0.05) is 12.1 Å². The molecule has 0 aliphatic carbocycles. The number of nitrogens with two attached hydrogens (primary N) is 1. The Balaban J connectivity index is 1.80. The van der Waals surface area contributed by atoms with Crippen LogP contribution in [0.1, 0.15) is 16.2 Å². The van der Waals surface area contributed by atoms with Crippen molar-refractivity contribution in [3.63, 3.8) is 0 Å². The number of esters is 1. The average molecular weight is 354 g/mol. The van der Waals surface area contributed by atoms with Gasteiger partial charge in [-0.3, -0.25) is 10.1 Å². The number of benzene rings is 2. The number of para-hydroxylation sites is 1. The summed E-state index contributed by atoms with van der Waals surface area (Å²) in [5, 5.41) is 11.5. The summed E-state index contributed by atoms with van der Waals surface area (Å²) in [6.45, 7) is -0.200. The Morgan fingerprint density at radius 2 is 2.00 bits per heavy atom. The average Bonchev–Trinajstić information content (AvgIpc) is 2.65. The van der Waals surface area contributed by atoms with Gasteiger partial charge in [-0.05, 0) is 18.2 Å². The maximum absolute atomic E-state index is 12.3. The van der Waals surface area contributed by atoms with E-state index < -0.39 is 10.9 Å². The number of carbonyl (C=O) groups is 1. The van der Waals surface area contributed by atoms with Crippen molar-refractivity contribution in [3.8, 4) is 5.75 Å². The van der Waals surface area contributed by atoms with Gasteiger partial charge in [-0.25, -0.2) is 14.8 Å². The molecule has 2 aromatic carbocycles. The fourth-order valence-corrected chi connectivity index (χ4v) is 2.39. The Morgan fingerprint density at radius 3 is 2.73 bits per heavy atom. The van der Waals surface area contributed by atoms with E-state index in [-0.39, 0.29) is 35.2 Å². The normalized spacial score (nSPS) is 10.5. The van der Waals surface area contributed by atoms with E-state index in [2.05, 4.69) is 9.97 Å². The van der Waals surface area contributed by atoms with Crippen molar-refractivity contribution in [2.75, 3.05) is 12.8 Å². The molecule has 0 unspecified atom stereocenters.